The van der Waals surface area contributed by atoms with Gasteiger partial charge in [0.05, 0.1) is 0 Å². The number of hydrogen-bond donors (Lipinski definition) is 1. The highest BCUT2D eigenvalue weighted by atomic mass is 35.5. The van der Waals surface area contributed by atoms with Crippen LogP contribution in [0.2, 0.25) is 5.02 Å². The molecule has 3 heteroatoms. The summed E-state index contributed by atoms with van der Waals surface area (Å²) in [6.07, 6.45) is 4.15. The molecule has 0 heterocycles. The van der Waals surface area contributed by atoms with Gasteiger partial charge in [-0.05, 0) is 43.4 Å². The molecule has 108 valence electrons. The first-order valence-corrected chi connectivity index (χ1v) is 7.79. The van der Waals surface area contributed by atoms with Gasteiger partial charge in [0.1, 0.15) is 0 Å². The van der Waals surface area contributed by atoms with Gasteiger partial charge in [0, 0.05) is 29.8 Å². The molecule has 0 saturated carbocycles. The fourth-order valence-electron chi connectivity index (χ4n) is 2.24. The smallest absolute Gasteiger partial charge is 0.0459 e. The molecule has 0 bridgehead atoms. The number of anilines is 1. The van der Waals surface area contributed by atoms with Crippen molar-refractivity contribution < 1.29 is 0 Å². The average molecular weight is 283 g/mol. The Balaban J connectivity index is 2.84. The van der Waals surface area contributed by atoms with Crippen LogP contribution in [0.1, 0.15) is 45.6 Å². The summed E-state index contributed by atoms with van der Waals surface area (Å²) in [5, 5.41) is 0.846. The van der Waals surface area contributed by atoms with E-state index in [1.807, 2.05) is 0 Å². The first-order valence-electron chi connectivity index (χ1n) is 7.41. The molecule has 1 aromatic carbocycles. The lowest BCUT2D eigenvalue weighted by Gasteiger charge is -2.24. The number of benzene rings is 1. The van der Waals surface area contributed by atoms with Crippen LogP contribution in [-0.4, -0.2) is 19.1 Å². The van der Waals surface area contributed by atoms with Crippen LogP contribution in [0.3, 0.4) is 0 Å². The van der Waals surface area contributed by atoms with Crippen molar-refractivity contribution in [3.05, 3.63) is 28.8 Å². The SMILES string of the molecule is CCCN(CCC)c1ccc(CC(N)CC)c(Cl)c1. The lowest BCUT2D eigenvalue weighted by Crippen LogP contribution is -2.25. The number of nitrogens with two attached hydrogens (primary N) is 1. The van der Waals surface area contributed by atoms with Crippen LogP contribution in [0, 0.1) is 0 Å². The van der Waals surface area contributed by atoms with E-state index >= 15 is 0 Å². The van der Waals surface area contributed by atoms with E-state index in [1.54, 1.807) is 0 Å². The Bertz CT molecular complexity index is 373. The molecule has 0 aliphatic heterocycles. The molecule has 0 fully saturated rings. The van der Waals surface area contributed by atoms with E-state index in [1.165, 1.54) is 5.69 Å². The normalized spacial score (nSPS) is 12.5. The van der Waals surface area contributed by atoms with E-state index in [-0.39, 0.29) is 6.04 Å². The third kappa shape index (κ3) is 5.04. The molecule has 2 nitrogen and oxygen atoms in total. The van der Waals surface area contributed by atoms with Gasteiger partial charge in [0.15, 0.2) is 0 Å². The average Bonchev–Trinajstić information content (AvgIpc) is 2.40. The van der Waals surface area contributed by atoms with Crippen LogP contribution in [0.25, 0.3) is 0 Å². The molecular weight excluding hydrogens is 256 g/mol. The highest BCUT2D eigenvalue weighted by Crippen LogP contribution is 2.25. The van der Waals surface area contributed by atoms with Gasteiger partial charge in [0.25, 0.3) is 0 Å². The topological polar surface area (TPSA) is 29.3 Å². The summed E-state index contributed by atoms with van der Waals surface area (Å²) in [4.78, 5) is 2.40. The van der Waals surface area contributed by atoms with Gasteiger partial charge in [0.2, 0.25) is 0 Å². The van der Waals surface area contributed by atoms with E-state index in [2.05, 4.69) is 43.9 Å². The van der Waals surface area contributed by atoms with Gasteiger partial charge >= 0.3 is 0 Å². The molecule has 0 aliphatic carbocycles. The van der Waals surface area contributed by atoms with Gasteiger partial charge in [-0.3, -0.25) is 0 Å². The molecular formula is C16H27ClN2. The molecule has 0 radical (unpaired) electrons. The Morgan fingerprint density at radius 1 is 1.16 bits per heavy atom. The van der Waals surface area contributed by atoms with Gasteiger partial charge in [-0.2, -0.15) is 0 Å². The minimum Gasteiger partial charge on any atom is -0.372 e. The van der Waals surface area contributed by atoms with Crippen molar-refractivity contribution in [3.63, 3.8) is 0 Å². The van der Waals surface area contributed by atoms with E-state index < -0.39 is 0 Å². The van der Waals surface area contributed by atoms with Crippen molar-refractivity contribution in [1.82, 2.24) is 0 Å². The molecule has 1 atom stereocenters. The summed E-state index contributed by atoms with van der Waals surface area (Å²) in [5.74, 6) is 0. The van der Waals surface area contributed by atoms with Gasteiger partial charge in [-0.15, -0.1) is 0 Å². The summed E-state index contributed by atoms with van der Waals surface area (Å²) < 4.78 is 0. The lowest BCUT2D eigenvalue weighted by atomic mass is 10.0. The Morgan fingerprint density at radius 2 is 1.79 bits per heavy atom. The van der Waals surface area contributed by atoms with Crippen molar-refractivity contribution >= 4 is 17.3 Å². The largest absolute Gasteiger partial charge is 0.372 e. The molecule has 1 aromatic rings. The highest BCUT2D eigenvalue weighted by Gasteiger charge is 2.09. The van der Waals surface area contributed by atoms with Crippen LogP contribution in [-0.2, 0) is 6.42 Å². The van der Waals surface area contributed by atoms with E-state index in [0.29, 0.717) is 0 Å². The number of halogens is 1. The lowest BCUT2D eigenvalue weighted by molar-refractivity contribution is 0.646. The molecule has 1 rings (SSSR count). The standard InChI is InChI=1S/C16H27ClN2/c1-4-9-19(10-5-2)15-8-7-13(16(17)12-15)11-14(18)6-3/h7-8,12,14H,4-6,9-11,18H2,1-3H3. The zero-order chi connectivity index (χ0) is 14.3. The summed E-state index contributed by atoms with van der Waals surface area (Å²) in [7, 11) is 0. The van der Waals surface area contributed by atoms with Gasteiger partial charge in [-0.25, -0.2) is 0 Å². The Hall–Kier alpha value is -0.730. The minimum atomic E-state index is 0.200. The maximum Gasteiger partial charge on any atom is 0.0459 e. The molecule has 0 spiro atoms. The van der Waals surface area contributed by atoms with Crippen LogP contribution in [0.15, 0.2) is 18.2 Å². The summed E-state index contributed by atoms with van der Waals surface area (Å²) in [6, 6.07) is 6.59. The fourth-order valence-corrected chi connectivity index (χ4v) is 2.49. The molecule has 19 heavy (non-hydrogen) atoms. The molecule has 2 N–H and O–H groups in total. The Morgan fingerprint density at radius 3 is 2.26 bits per heavy atom. The first kappa shape index (κ1) is 16.3. The first-order chi connectivity index (χ1) is 9.12. The molecule has 0 amide bonds. The van der Waals surface area contributed by atoms with E-state index in [0.717, 1.165) is 49.4 Å². The highest BCUT2D eigenvalue weighted by molar-refractivity contribution is 6.31. The Kier molecular flexibility index (Phi) is 7.25. The second-order valence-electron chi connectivity index (χ2n) is 5.14. The maximum absolute atomic E-state index is 6.39. The van der Waals surface area contributed by atoms with Crippen molar-refractivity contribution in [2.75, 3.05) is 18.0 Å². The number of hydrogen-bond acceptors (Lipinski definition) is 2. The second-order valence-corrected chi connectivity index (χ2v) is 5.54. The third-order valence-electron chi connectivity index (χ3n) is 3.40. The van der Waals surface area contributed by atoms with Crippen molar-refractivity contribution in [3.8, 4) is 0 Å². The zero-order valence-electron chi connectivity index (χ0n) is 12.5. The predicted octanol–water partition coefficient (Wildman–Crippen LogP) is 4.25. The van der Waals surface area contributed by atoms with Crippen molar-refractivity contribution in [1.29, 1.82) is 0 Å². The summed E-state index contributed by atoms with van der Waals surface area (Å²) in [5.41, 5.74) is 8.38. The monoisotopic (exact) mass is 282 g/mol. The van der Waals surface area contributed by atoms with Crippen LogP contribution >= 0.6 is 11.6 Å². The summed E-state index contributed by atoms with van der Waals surface area (Å²) in [6.45, 7) is 8.69. The van der Waals surface area contributed by atoms with Crippen molar-refractivity contribution in [2.45, 2.75) is 52.5 Å². The molecule has 0 aromatic heterocycles. The molecule has 0 aliphatic rings. The second kappa shape index (κ2) is 8.44. The van der Waals surface area contributed by atoms with Gasteiger partial charge < -0.3 is 10.6 Å². The van der Waals surface area contributed by atoms with Crippen LogP contribution in [0.4, 0.5) is 5.69 Å². The number of rotatable bonds is 8. The Labute approximate surface area is 122 Å². The van der Waals surface area contributed by atoms with Gasteiger partial charge in [-0.1, -0.05) is 38.4 Å². The zero-order valence-corrected chi connectivity index (χ0v) is 13.2. The van der Waals surface area contributed by atoms with E-state index in [9.17, 15) is 0 Å². The predicted molar refractivity (Wildman–Crippen MR) is 86.2 cm³/mol. The van der Waals surface area contributed by atoms with Crippen LogP contribution < -0.4 is 10.6 Å². The maximum atomic E-state index is 6.39. The van der Waals surface area contributed by atoms with E-state index in [4.69, 9.17) is 17.3 Å². The number of nitrogens with zero attached hydrogens (tertiary/aromatic N) is 1. The fraction of sp³-hybridized carbons (Fsp3) is 0.625. The van der Waals surface area contributed by atoms with Crippen molar-refractivity contribution in [2.24, 2.45) is 5.73 Å². The third-order valence-corrected chi connectivity index (χ3v) is 3.75. The minimum absolute atomic E-state index is 0.200. The quantitative estimate of drug-likeness (QED) is 0.772. The molecule has 1 unspecified atom stereocenters. The summed E-state index contributed by atoms with van der Waals surface area (Å²) >= 11 is 6.39. The molecule has 0 saturated heterocycles. The van der Waals surface area contributed by atoms with Crippen LogP contribution in [0.5, 0.6) is 0 Å².